The molecular formula is C17H17ClN2O3S. The van der Waals surface area contributed by atoms with Crippen LogP contribution in [0, 0.1) is 0 Å². The van der Waals surface area contributed by atoms with Crippen LogP contribution in [-0.2, 0) is 14.8 Å². The van der Waals surface area contributed by atoms with E-state index in [1.807, 2.05) is 37.3 Å². The first kappa shape index (κ1) is 16.8. The zero-order chi connectivity index (χ0) is 17.3. The Bertz CT molecular complexity index is 851. The normalized spacial score (nSPS) is 22.6. The molecular weight excluding hydrogens is 348 g/mol. The lowest BCUT2D eigenvalue weighted by atomic mass is 10.0. The molecule has 0 spiro atoms. The van der Waals surface area contributed by atoms with E-state index in [2.05, 4.69) is 4.40 Å². The summed E-state index contributed by atoms with van der Waals surface area (Å²) in [6, 6.07) is 15.6. The van der Waals surface area contributed by atoms with Crippen LogP contribution < -0.4 is 0 Å². The lowest BCUT2D eigenvalue weighted by Crippen LogP contribution is -2.28. The van der Waals surface area contributed by atoms with Crippen molar-refractivity contribution in [3.8, 4) is 0 Å². The van der Waals surface area contributed by atoms with Gasteiger partial charge < -0.3 is 9.64 Å². The van der Waals surface area contributed by atoms with Crippen molar-refractivity contribution in [1.82, 2.24) is 4.90 Å². The van der Waals surface area contributed by atoms with Gasteiger partial charge in [-0.2, -0.15) is 8.42 Å². The highest BCUT2D eigenvalue weighted by atomic mass is 35.5. The fraction of sp³-hybridized carbons (Fsp3) is 0.235. The smallest absolute Gasteiger partial charge is 0.304 e. The predicted octanol–water partition coefficient (Wildman–Crippen LogP) is 3.48. The third-order valence-corrected chi connectivity index (χ3v) is 5.54. The van der Waals surface area contributed by atoms with Crippen LogP contribution in [0.3, 0.4) is 0 Å². The number of hydrogen-bond acceptors (Lipinski definition) is 3. The van der Waals surface area contributed by atoms with Crippen LogP contribution in [0.15, 0.2) is 63.9 Å². The van der Waals surface area contributed by atoms with Gasteiger partial charge in [0.1, 0.15) is 6.10 Å². The molecule has 3 rings (SSSR count). The second-order valence-electron chi connectivity index (χ2n) is 5.60. The average Bonchev–Trinajstić information content (AvgIpc) is 2.84. The minimum Gasteiger partial charge on any atom is -0.454 e. The number of benzene rings is 2. The number of hydrogen-bond donors (Lipinski definition) is 0. The fourth-order valence-corrected chi connectivity index (χ4v) is 3.60. The van der Waals surface area contributed by atoms with Gasteiger partial charge in [0.2, 0.25) is 0 Å². The summed E-state index contributed by atoms with van der Waals surface area (Å²) in [5, 5.41) is 0.466. The summed E-state index contributed by atoms with van der Waals surface area (Å²) in [4.78, 5) is 1.80. The predicted molar refractivity (Wildman–Crippen MR) is 93.6 cm³/mol. The van der Waals surface area contributed by atoms with Gasteiger partial charge in [-0.3, -0.25) is 0 Å². The maximum absolute atomic E-state index is 12.5. The van der Waals surface area contributed by atoms with Gasteiger partial charge >= 0.3 is 6.02 Å². The number of rotatable bonds is 3. The van der Waals surface area contributed by atoms with Crippen molar-refractivity contribution >= 4 is 27.6 Å². The number of amidine groups is 1. The standard InChI is InChI=1S/C17H17ClN2O3S/c1-12-16(13-6-4-3-5-7-13)23-17(20(12)2)19-24(21,22)15-10-8-14(18)9-11-15/h3-12,16H,1-2H3/t12-,16-/m1/s1. The highest BCUT2D eigenvalue weighted by molar-refractivity contribution is 7.90. The molecule has 0 aromatic heterocycles. The van der Waals surface area contributed by atoms with Crippen molar-refractivity contribution in [3.05, 3.63) is 65.2 Å². The molecule has 1 saturated heterocycles. The van der Waals surface area contributed by atoms with Crippen LogP contribution >= 0.6 is 11.6 Å². The van der Waals surface area contributed by atoms with Gasteiger partial charge in [-0.05, 0) is 36.8 Å². The second kappa shape index (κ2) is 6.45. The molecule has 1 heterocycles. The third-order valence-electron chi connectivity index (χ3n) is 4.02. The van der Waals surface area contributed by atoms with Gasteiger partial charge in [-0.15, -0.1) is 4.40 Å². The van der Waals surface area contributed by atoms with Crippen molar-refractivity contribution in [2.45, 2.75) is 24.0 Å². The zero-order valence-electron chi connectivity index (χ0n) is 13.3. The molecule has 0 N–H and O–H groups in total. The molecule has 0 amide bonds. The minimum absolute atomic E-state index is 0.0356. The van der Waals surface area contributed by atoms with Gasteiger partial charge in [0, 0.05) is 12.1 Å². The maximum atomic E-state index is 12.5. The molecule has 1 fully saturated rings. The Hall–Kier alpha value is -2.05. The van der Waals surface area contributed by atoms with Crippen LogP contribution in [0.2, 0.25) is 5.02 Å². The topological polar surface area (TPSA) is 59.0 Å². The van der Waals surface area contributed by atoms with Crippen molar-refractivity contribution in [3.63, 3.8) is 0 Å². The highest BCUT2D eigenvalue weighted by Gasteiger charge is 2.37. The van der Waals surface area contributed by atoms with Gasteiger partial charge in [-0.1, -0.05) is 41.9 Å². The van der Waals surface area contributed by atoms with E-state index in [0.717, 1.165) is 5.56 Å². The molecule has 126 valence electrons. The number of halogens is 1. The second-order valence-corrected chi connectivity index (χ2v) is 7.64. The molecule has 2 aromatic carbocycles. The van der Waals surface area contributed by atoms with Gasteiger partial charge in [-0.25, -0.2) is 0 Å². The van der Waals surface area contributed by atoms with E-state index in [0.29, 0.717) is 5.02 Å². The molecule has 2 aromatic rings. The van der Waals surface area contributed by atoms with E-state index in [9.17, 15) is 8.42 Å². The Kier molecular flexibility index (Phi) is 4.51. The molecule has 5 nitrogen and oxygen atoms in total. The molecule has 0 radical (unpaired) electrons. The first-order valence-electron chi connectivity index (χ1n) is 7.43. The Balaban J connectivity index is 1.91. The van der Waals surface area contributed by atoms with E-state index in [1.54, 1.807) is 11.9 Å². The molecule has 0 saturated carbocycles. The van der Waals surface area contributed by atoms with Crippen molar-refractivity contribution in [1.29, 1.82) is 0 Å². The minimum atomic E-state index is -3.86. The molecule has 0 aliphatic carbocycles. The molecule has 0 bridgehead atoms. The summed E-state index contributed by atoms with van der Waals surface area (Å²) in [5.41, 5.74) is 0.978. The van der Waals surface area contributed by atoms with Gasteiger partial charge in [0.15, 0.2) is 0 Å². The van der Waals surface area contributed by atoms with Crippen molar-refractivity contribution in [2.24, 2.45) is 4.40 Å². The SMILES string of the molecule is C[C@@H]1[C@H](c2ccccc2)OC(=NS(=O)(=O)c2ccc(Cl)cc2)N1C. The maximum Gasteiger partial charge on any atom is 0.304 e. The Morgan fingerprint density at radius 3 is 2.33 bits per heavy atom. The number of likely N-dealkylation sites (N-methyl/N-ethyl adjacent to an activating group) is 1. The molecule has 1 aliphatic heterocycles. The summed E-state index contributed by atoms with van der Waals surface area (Å²) in [6.45, 7) is 1.97. The van der Waals surface area contributed by atoms with Gasteiger partial charge in [0.25, 0.3) is 10.0 Å². The fourth-order valence-electron chi connectivity index (χ4n) is 2.51. The first-order chi connectivity index (χ1) is 11.4. The highest BCUT2D eigenvalue weighted by Crippen LogP contribution is 2.32. The average molecular weight is 365 g/mol. The summed E-state index contributed by atoms with van der Waals surface area (Å²) in [5.74, 6) is 0. The zero-order valence-corrected chi connectivity index (χ0v) is 14.8. The summed E-state index contributed by atoms with van der Waals surface area (Å²) < 4.78 is 34.6. The van der Waals surface area contributed by atoms with Gasteiger partial charge in [0.05, 0.1) is 10.9 Å². The summed E-state index contributed by atoms with van der Waals surface area (Å²) in [7, 11) is -2.09. The van der Waals surface area contributed by atoms with E-state index < -0.39 is 10.0 Å². The lowest BCUT2D eigenvalue weighted by Gasteiger charge is -2.17. The number of nitrogens with zero attached hydrogens (tertiary/aromatic N) is 2. The first-order valence-corrected chi connectivity index (χ1v) is 9.25. The molecule has 1 aliphatic rings. The lowest BCUT2D eigenvalue weighted by molar-refractivity contribution is 0.203. The van der Waals surface area contributed by atoms with Crippen LogP contribution in [0.1, 0.15) is 18.6 Å². The monoisotopic (exact) mass is 364 g/mol. The van der Waals surface area contributed by atoms with E-state index in [4.69, 9.17) is 16.3 Å². The summed E-state index contributed by atoms with van der Waals surface area (Å²) >= 11 is 5.80. The molecule has 7 heteroatoms. The van der Waals surface area contributed by atoms with E-state index >= 15 is 0 Å². The molecule has 0 unspecified atom stereocenters. The number of ether oxygens (including phenoxy) is 1. The largest absolute Gasteiger partial charge is 0.454 e. The summed E-state index contributed by atoms with van der Waals surface area (Å²) in [6.07, 6.45) is -0.268. The molecule has 24 heavy (non-hydrogen) atoms. The van der Waals surface area contributed by atoms with Crippen LogP contribution in [0.4, 0.5) is 0 Å². The van der Waals surface area contributed by atoms with Crippen molar-refractivity contribution < 1.29 is 13.2 Å². The van der Waals surface area contributed by atoms with Crippen LogP contribution in [0.5, 0.6) is 0 Å². The van der Waals surface area contributed by atoms with Crippen molar-refractivity contribution in [2.75, 3.05) is 7.05 Å². The van der Waals surface area contributed by atoms with Crippen LogP contribution in [-0.4, -0.2) is 32.4 Å². The number of sulfonamides is 1. The Morgan fingerprint density at radius 1 is 1.08 bits per heavy atom. The Morgan fingerprint density at radius 2 is 1.71 bits per heavy atom. The van der Waals surface area contributed by atoms with Crippen LogP contribution in [0.25, 0.3) is 0 Å². The van der Waals surface area contributed by atoms with E-state index in [-0.39, 0.29) is 23.1 Å². The molecule has 2 atom stereocenters. The third kappa shape index (κ3) is 3.25. The quantitative estimate of drug-likeness (QED) is 0.836. The van der Waals surface area contributed by atoms with E-state index in [1.165, 1.54) is 24.3 Å². The Labute approximate surface area is 146 Å².